The number of halogens is 2. The number of nitrogens with one attached hydrogen (secondary N) is 1. The predicted molar refractivity (Wildman–Crippen MR) is 82.5 cm³/mol. The minimum atomic E-state index is -0.662. The maximum Gasteiger partial charge on any atom is 0.229 e. The maximum absolute atomic E-state index is 13.7. The smallest absolute Gasteiger partial charge is 0.229 e. The van der Waals surface area contributed by atoms with Gasteiger partial charge in [0, 0.05) is 30.9 Å². The van der Waals surface area contributed by atoms with Crippen LogP contribution in [0.2, 0.25) is 0 Å². The van der Waals surface area contributed by atoms with Crippen molar-refractivity contribution in [3.8, 4) is 0 Å². The van der Waals surface area contributed by atoms with Crippen LogP contribution in [0.5, 0.6) is 0 Å². The topological polar surface area (TPSA) is 41.1 Å². The van der Waals surface area contributed by atoms with Gasteiger partial charge in [-0.25, -0.2) is 13.8 Å². The first-order valence-electron chi connectivity index (χ1n) is 7.44. The van der Waals surface area contributed by atoms with Gasteiger partial charge in [-0.3, -0.25) is 0 Å². The molecular formula is C16H18F2N4. The largest absolute Gasteiger partial charge is 0.356 e. The second-order valence-electron chi connectivity index (χ2n) is 5.49. The van der Waals surface area contributed by atoms with E-state index in [0.717, 1.165) is 43.5 Å². The number of piperidine rings is 1. The monoisotopic (exact) mass is 304 g/mol. The van der Waals surface area contributed by atoms with E-state index in [0.29, 0.717) is 5.95 Å². The minimum absolute atomic E-state index is 0.164. The van der Waals surface area contributed by atoms with E-state index >= 15 is 0 Å². The summed E-state index contributed by atoms with van der Waals surface area (Å²) in [6, 6.07) is 5.31. The van der Waals surface area contributed by atoms with E-state index in [2.05, 4.69) is 20.2 Å². The Kier molecular flexibility index (Phi) is 4.18. The molecule has 2 heterocycles. The van der Waals surface area contributed by atoms with Crippen LogP contribution in [0.4, 0.5) is 26.2 Å². The fourth-order valence-electron chi connectivity index (χ4n) is 2.60. The van der Waals surface area contributed by atoms with Crippen molar-refractivity contribution < 1.29 is 8.78 Å². The Balaban J connectivity index is 1.85. The van der Waals surface area contributed by atoms with Gasteiger partial charge in [0.1, 0.15) is 17.5 Å². The molecule has 116 valence electrons. The average Bonchev–Trinajstić information content (AvgIpc) is 2.50. The highest BCUT2D eigenvalue weighted by Crippen LogP contribution is 2.23. The lowest BCUT2D eigenvalue weighted by Gasteiger charge is -2.28. The van der Waals surface area contributed by atoms with Gasteiger partial charge in [0.15, 0.2) is 0 Å². The second-order valence-corrected chi connectivity index (χ2v) is 5.49. The Morgan fingerprint density at radius 2 is 1.82 bits per heavy atom. The van der Waals surface area contributed by atoms with Gasteiger partial charge < -0.3 is 10.2 Å². The Labute approximate surface area is 128 Å². The van der Waals surface area contributed by atoms with E-state index in [1.54, 1.807) is 0 Å². The van der Waals surface area contributed by atoms with Crippen molar-refractivity contribution in [3.05, 3.63) is 41.6 Å². The van der Waals surface area contributed by atoms with Crippen molar-refractivity contribution >= 4 is 17.5 Å². The molecule has 22 heavy (non-hydrogen) atoms. The molecule has 0 radical (unpaired) electrons. The highest BCUT2D eigenvalue weighted by molar-refractivity contribution is 5.56. The Morgan fingerprint density at radius 3 is 2.55 bits per heavy atom. The van der Waals surface area contributed by atoms with Crippen LogP contribution >= 0.6 is 0 Å². The standard InChI is InChI=1S/C16H18F2N4/c1-11-9-15(22-7-3-2-4-8-22)21-16(19-11)20-14-6-5-12(17)10-13(14)18/h5-6,9-10H,2-4,7-8H2,1H3,(H,19,20,21). The molecule has 4 nitrogen and oxygen atoms in total. The van der Waals surface area contributed by atoms with Gasteiger partial charge in [0.2, 0.25) is 5.95 Å². The van der Waals surface area contributed by atoms with E-state index in [4.69, 9.17) is 0 Å². The van der Waals surface area contributed by atoms with Crippen LogP contribution in [0.3, 0.4) is 0 Å². The van der Waals surface area contributed by atoms with Crippen LogP contribution in [0.25, 0.3) is 0 Å². The van der Waals surface area contributed by atoms with Crippen molar-refractivity contribution in [1.29, 1.82) is 0 Å². The van der Waals surface area contributed by atoms with Crippen LogP contribution in [0, 0.1) is 18.6 Å². The Bertz CT molecular complexity index is 669. The molecule has 1 aromatic heterocycles. The Morgan fingerprint density at radius 1 is 1.05 bits per heavy atom. The molecule has 0 unspecified atom stereocenters. The van der Waals surface area contributed by atoms with Gasteiger partial charge in [-0.15, -0.1) is 0 Å². The number of aryl methyl sites for hydroxylation is 1. The lowest BCUT2D eigenvalue weighted by atomic mass is 10.1. The first-order valence-corrected chi connectivity index (χ1v) is 7.44. The quantitative estimate of drug-likeness (QED) is 0.936. The van der Waals surface area contributed by atoms with Gasteiger partial charge in [0.05, 0.1) is 5.69 Å². The molecule has 0 atom stereocenters. The van der Waals surface area contributed by atoms with E-state index in [1.807, 2.05) is 13.0 Å². The number of anilines is 3. The minimum Gasteiger partial charge on any atom is -0.356 e. The summed E-state index contributed by atoms with van der Waals surface area (Å²) in [6.07, 6.45) is 3.54. The molecule has 1 saturated heterocycles. The number of hydrogen-bond donors (Lipinski definition) is 1. The van der Waals surface area contributed by atoms with Crippen LogP contribution < -0.4 is 10.2 Å². The normalized spacial score (nSPS) is 15.0. The Hall–Kier alpha value is -2.24. The average molecular weight is 304 g/mol. The van der Waals surface area contributed by atoms with Gasteiger partial charge in [0.25, 0.3) is 0 Å². The first-order chi connectivity index (χ1) is 10.6. The lowest BCUT2D eigenvalue weighted by Crippen LogP contribution is -2.30. The van der Waals surface area contributed by atoms with Crippen molar-refractivity contribution in [2.24, 2.45) is 0 Å². The van der Waals surface area contributed by atoms with Crippen LogP contribution in [0.1, 0.15) is 25.0 Å². The molecule has 2 aromatic rings. The zero-order chi connectivity index (χ0) is 15.5. The fraction of sp³-hybridized carbons (Fsp3) is 0.375. The number of aromatic nitrogens is 2. The van der Waals surface area contributed by atoms with Crippen LogP contribution in [-0.2, 0) is 0 Å². The summed E-state index contributed by atoms with van der Waals surface area (Å²) in [7, 11) is 0. The highest BCUT2D eigenvalue weighted by Gasteiger charge is 2.14. The summed E-state index contributed by atoms with van der Waals surface area (Å²) in [5, 5.41) is 2.83. The lowest BCUT2D eigenvalue weighted by molar-refractivity contribution is 0.573. The van der Waals surface area contributed by atoms with Crippen LogP contribution in [0.15, 0.2) is 24.3 Å². The summed E-state index contributed by atoms with van der Waals surface area (Å²) in [6.45, 7) is 3.82. The second kappa shape index (κ2) is 6.25. The van der Waals surface area contributed by atoms with Crippen molar-refractivity contribution in [2.75, 3.05) is 23.3 Å². The third-order valence-corrected chi connectivity index (χ3v) is 3.70. The summed E-state index contributed by atoms with van der Waals surface area (Å²) < 4.78 is 26.7. The van der Waals surface area contributed by atoms with Crippen molar-refractivity contribution in [2.45, 2.75) is 26.2 Å². The van der Waals surface area contributed by atoms with Crippen molar-refractivity contribution in [1.82, 2.24) is 9.97 Å². The fourth-order valence-corrected chi connectivity index (χ4v) is 2.60. The van der Waals surface area contributed by atoms with E-state index in [-0.39, 0.29) is 5.69 Å². The number of nitrogens with zero attached hydrogens (tertiary/aromatic N) is 3. The third-order valence-electron chi connectivity index (χ3n) is 3.70. The molecule has 0 aliphatic carbocycles. The molecule has 1 N–H and O–H groups in total. The molecule has 3 rings (SSSR count). The zero-order valence-corrected chi connectivity index (χ0v) is 12.4. The van der Waals surface area contributed by atoms with Gasteiger partial charge in [-0.1, -0.05) is 0 Å². The number of hydrogen-bond acceptors (Lipinski definition) is 4. The van der Waals surface area contributed by atoms with Gasteiger partial charge in [-0.05, 0) is 38.3 Å². The van der Waals surface area contributed by atoms with Gasteiger partial charge in [-0.2, -0.15) is 4.98 Å². The van der Waals surface area contributed by atoms with Crippen LogP contribution in [-0.4, -0.2) is 23.1 Å². The molecule has 0 amide bonds. The molecule has 1 aromatic carbocycles. The van der Waals surface area contributed by atoms with Crippen molar-refractivity contribution in [3.63, 3.8) is 0 Å². The molecule has 0 saturated carbocycles. The summed E-state index contributed by atoms with van der Waals surface area (Å²) in [5.74, 6) is -0.102. The zero-order valence-electron chi connectivity index (χ0n) is 12.4. The third kappa shape index (κ3) is 3.32. The number of benzene rings is 1. The van der Waals surface area contributed by atoms with Gasteiger partial charge >= 0.3 is 0 Å². The molecule has 6 heteroatoms. The molecule has 0 bridgehead atoms. The first kappa shape index (κ1) is 14.7. The maximum atomic E-state index is 13.7. The molecule has 1 fully saturated rings. The highest BCUT2D eigenvalue weighted by atomic mass is 19.1. The molecule has 1 aliphatic heterocycles. The predicted octanol–water partition coefficient (Wildman–Crippen LogP) is 3.80. The summed E-state index contributed by atoms with van der Waals surface area (Å²) in [4.78, 5) is 11.0. The van der Waals surface area contributed by atoms with E-state index in [1.165, 1.54) is 18.6 Å². The SMILES string of the molecule is Cc1cc(N2CCCCC2)nc(Nc2ccc(F)cc2F)n1. The molecular weight excluding hydrogens is 286 g/mol. The summed E-state index contributed by atoms with van der Waals surface area (Å²) >= 11 is 0. The molecule has 0 spiro atoms. The van der Waals surface area contributed by atoms with E-state index < -0.39 is 11.6 Å². The van der Waals surface area contributed by atoms with E-state index in [9.17, 15) is 8.78 Å². The summed E-state index contributed by atoms with van der Waals surface area (Å²) in [5.41, 5.74) is 0.970. The molecule has 1 aliphatic rings. The number of rotatable bonds is 3.